The van der Waals surface area contributed by atoms with Crippen molar-refractivity contribution in [3.05, 3.63) is 71.8 Å². The fourth-order valence-corrected chi connectivity index (χ4v) is 4.30. The minimum atomic E-state index is -0.313. The zero-order valence-electron chi connectivity index (χ0n) is 18.5. The summed E-state index contributed by atoms with van der Waals surface area (Å²) in [5.41, 5.74) is 6.38. The molecule has 5 aromatic rings. The van der Waals surface area contributed by atoms with E-state index in [0.717, 1.165) is 46.0 Å². The predicted octanol–water partition coefficient (Wildman–Crippen LogP) is 6.14. The monoisotopic (exact) mass is 487 g/mol. The number of fused-ring (bicyclic) bond motifs is 2. The number of amides is 1. The first-order valence-electron chi connectivity index (χ1n) is 10.9. The van der Waals surface area contributed by atoms with E-state index in [0.29, 0.717) is 22.9 Å². The largest absolute Gasteiger partial charge is 0.436 e. The molecule has 2 heterocycles. The van der Waals surface area contributed by atoms with Gasteiger partial charge in [-0.25, -0.2) is 4.98 Å². The van der Waals surface area contributed by atoms with E-state index in [9.17, 15) is 4.79 Å². The van der Waals surface area contributed by atoms with E-state index < -0.39 is 0 Å². The van der Waals surface area contributed by atoms with Crippen LogP contribution < -0.4 is 10.6 Å². The first kappa shape index (κ1) is 22.1. The highest BCUT2D eigenvalue weighted by molar-refractivity contribution is 7.80. The molecule has 0 spiro atoms. The molecule has 0 aliphatic carbocycles. The molecule has 0 fully saturated rings. The van der Waals surface area contributed by atoms with Gasteiger partial charge in [-0.1, -0.05) is 19.9 Å². The number of oxazole rings is 1. The van der Waals surface area contributed by atoms with Gasteiger partial charge in [0, 0.05) is 16.8 Å². The smallest absolute Gasteiger partial charge is 0.257 e. The molecule has 0 radical (unpaired) electrons. The molecule has 7 nitrogen and oxygen atoms in total. The van der Waals surface area contributed by atoms with Crippen LogP contribution in [0.4, 0.5) is 5.69 Å². The number of hydrogen-bond acceptors (Lipinski definition) is 7. The van der Waals surface area contributed by atoms with Crippen LogP contribution >= 0.6 is 23.9 Å². The van der Waals surface area contributed by atoms with Gasteiger partial charge < -0.3 is 9.73 Å². The number of nitrogens with zero attached hydrogens (tertiary/aromatic N) is 3. The van der Waals surface area contributed by atoms with Crippen LogP contribution in [-0.2, 0) is 0 Å². The normalized spacial score (nSPS) is 12.1. The second kappa shape index (κ2) is 9.28. The van der Waals surface area contributed by atoms with Crippen LogP contribution in [-0.4, -0.2) is 24.8 Å². The predicted molar refractivity (Wildman–Crippen MR) is 139 cm³/mol. The lowest BCUT2D eigenvalue weighted by atomic mass is 9.98. The number of nitrogens with one attached hydrogen (secondary N) is 2. The third-order valence-corrected chi connectivity index (χ3v) is 6.49. The van der Waals surface area contributed by atoms with E-state index in [1.807, 2.05) is 30.3 Å². The van der Waals surface area contributed by atoms with Gasteiger partial charge in [-0.3, -0.25) is 10.1 Å². The molecule has 0 aliphatic heterocycles. The number of carbonyl (C=O) groups is 1. The van der Waals surface area contributed by atoms with Crippen LogP contribution in [0.2, 0.25) is 0 Å². The molecule has 1 amide bonds. The molecule has 34 heavy (non-hydrogen) atoms. The Morgan fingerprint density at radius 1 is 1.03 bits per heavy atom. The van der Waals surface area contributed by atoms with Crippen molar-refractivity contribution in [2.24, 2.45) is 0 Å². The van der Waals surface area contributed by atoms with Gasteiger partial charge >= 0.3 is 0 Å². The zero-order chi connectivity index (χ0) is 23.7. The van der Waals surface area contributed by atoms with Crippen LogP contribution in [0.25, 0.3) is 33.6 Å². The number of benzene rings is 3. The highest BCUT2D eigenvalue weighted by atomic mass is 32.1. The van der Waals surface area contributed by atoms with E-state index in [-0.39, 0.29) is 11.0 Å². The number of rotatable bonds is 5. The van der Waals surface area contributed by atoms with E-state index in [4.69, 9.17) is 16.6 Å². The SMILES string of the molecule is CC[C@@H](C)c1ccc2oc(-c3ccc(NC(=S)NC(=O)c4ccc5nsnc5c4)cc3)nc2c1. The molecule has 2 aromatic heterocycles. The molecule has 0 saturated carbocycles. The van der Waals surface area contributed by atoms with Crippen molar-refractivity contribution >= 4 is 62.8 Å². The molecule has 170 valence electrons. The highest BCUT2D eigenvalue weighted by Crippen LogP contribution is 2.28. The van der Waals surface area contributed by atoms with Crippen molar-refractivity contribution in [2.45, 2.75) is 26.2 Å². The van der Waals surface area contributed by atoms with E-state index in [2.05, 4.69) is 50.3 Å². The molecule has 0 bridgehead atoms. The maximum absolute atomic E-state index is 12.5. The van der Waals surface area contributed by atoms with Crippen LogP contribution in [0.5, 0.6) is 0 Å². The number of aromatic nitrogens is 3. The lowest BCUT2D eigenvalue weighted by molar-refractivity contribution is 0.0978. The standard InChI is InChI=1S/C25H21N5O2S2/c1-3-14(2)16-7-11-22-21(12-16)27-24(32-22)15-4-8-18(9-5-15)26-25(33)28-23(31)17-6-10-19-20(13-17)30-34-29-19/h4-14H,3H2,1-2H3,(H2,26,28,31,33)/t14-/m1/s1. The third kappa shape index (κ3) is 4.52. The Balaban J connectivity index is 1.25. The summed E-state index contributed by atoms with van der Waals surface area (Å²) >= 11 is 6.42. The van der Waals surface area contributed by atoms with Crippen LogP contribution in [0.1, 0.15) is 42.1 Å². The Hall–Kier alpha value is -3.69. The van der Waals surface area contributed by atoms with Gasteiger partial charge in [0.25, 0.3) is 5.91 Å². The Labute approximate surface area is 205 Å². The van der Waals surface area contributed by atoms with Gasteiger partial charge in [0.15, 0.2) is 10.7 Å². The summed E-state index contributed by atoms with van der Waals surface area (Å²) in [5.74, 6) is 0.726. The molecule has 0 aliphatic rings. The second-order valence-corrected chi connectivity index (χ2v) is 8.95. The zero-order valence-corrected chi connectivity index (χ0v) is 20.2. The summed E-state index contributed by atoms with van der Waals surface area (Å²) in [5, 5.41) is 5.92. The molecular formula is C25H21N5O2S2. The van der Waals surface area contributed by atoms with Crippen molar-refractivity contribution in [1.82, 2.24) is 19.0 Å². The number of hydrogen-bond donors (Lipinski definition) is 2. The average Bonchev–Trinajstić information content (AvgIpc) is 3.49. The van der Waals surface area contributed by atoms with E-state index in [1.54, 1.807) is 18.2 Å². The van der Waals surface area contributed by atoms with Crippen molar-refractivity contribution in [2.75, 3.05) is 5.32 Å². The number of carbonyl (C=O) groups excluding carboxylic acids is 1. The number of thiocarbonyl (C=S) groups is 1. The molecule has 0 saturated heterocycles. The maximum Gasteiger partial charge on any atom is 0.257 e. The molecule has 0 unspecified atom stereocenters. The summed E-state index contributed by atoms with van der Waals surface area (Å²) in [4.78, 5) is 17.2. The average molecular weight is 488 g/mol. The molecule has 3 aromatic carbocycles. The highest BCUT2D eigenvalue weighted by Gasteiger charge is 2.13. The molecule has 2 N–H and O–H groups in total. The first-order valence-corrected chi connectivity index (χ1v) is 12.0. The van der Waals surface area contributed by atoms with Crippen molar-refractivity contribution in [3.8, 4) is 11.5 Å². The molecule has 1 atom stereocenters. The Kier molecular flexibility index (Phi) is 6.04. The van der Waals surface area contributed by atoms with Gasteiger partial charge in [0.05, 0.1) is 11.7 Å². The quantitative estimate of drug-likeness (QED) is 0.288. The minimum absolute atomic E-state index is 0.202. The van der Waals surface area contributed by atoms with Gasteiger partial charge in [-0.05, 0) is 84.7 Å². The summed E-state index contributed by atoms with van der Waals surface area (Å²) in [6, 6.07) is 18.8. The second-order valence-electron chi connectivity index (χ2n) is 8.01. The lowest BCUT2D eigenvalue weighted by Gasteiger charge is -2.10. The van der Waals surface area contributed by atoms with Gasteiger partial charge in [0.1, 0.15) is 16.6 Å². The van der Waals surface area contributed by atoms with E-state index >= 15 is 0 Å². The summed E-state index contributed by atoms with van der Waals surface area (Å²) in [6.07, 6.45) is 1.07. The van der Waals surface area contributed by atoms with Crippen LogP contribution in [0.3, 0.4) is 0 Å². The Morgan fingerprint density at radius 2 is 1.82 bits per heavy atom. The molecular weight excluding hydrogens is 466 g/mol. The topological polar surface area (TPSA) is 92.9 Å². The third-order valence-electron chi connectivity index (χ3n) is 5.73. The van der Waals surface area contributed by atoms with Crippen molar-refractivity contribution in [1.29, 1.82) is 0 Å². The summed E-state index contributed by atoms with van der Waals surface area (Å²) in [7, 11) is 0. The maximum atomic E-state index is 12.5. The Morgan fingerprint density at radius 3 is 2.62 bits per heavy atom. The van der Waals surface area contributed by atoms with E-state index in [1.165, 1.54) is 5.56 Å². The fraction of sp³-hybridized carbons (Fsp3) is 0.160. The van der Waals surface area contributed by atoms with Crippen LogP contribution in [0, 0.1) is 0 Å². The lowest BCUT2D eigenvalue weighted by Crippen LogP contribution is -2.34. The van der Waals surface area contributed by atoms with Crippen molar-refractivity contribution in [3.63, 3.8) is 0 Å². The summed E-state index contributed by atoms with van der Waals surface area (Å²) in [6.45, 7) is 4.38. The summed E-state index contributed by atoms with van der Waals surface area (Å²) < 4.78 is 14.2. The Bertz CT molecular complexity index is 1510. The fourth-order valence-electron chi connectivity index (χ4n) is 3.57. The van der Waals surface area contributed by atoms with Gasteiger partial charge in [0.2, 0.25) is 5.89 Å². The van der Waals surface area contributed by atoms with Gasteiger partial charge in [-0.15, -0.1) is 0 Å². The molecule has 9 heteroatoms. The van der Waals surface area contributed by atoms with Crippen LogP contribution in [0.15, 0.2) is 65.1 Å². The number of anilines is 1. The minimum Gasteiger partial charge on any atom is -0.436 e. The van der Waals surface area contributed by atoms with Gasteiger partial charge in [-0.2, -0.15) is 8.75 Å². The molecule has 5 rings (SSSR count). The van der Waals surface area contributed by atoms with Crippen molar-refractivity contribution < 1.29 is 9.21 Å². The first-order chi connectivity index (χ1) is 16.5.